The van der Waals surface area contributed by atoms with E-state index < -0.39 is 5.60 Å². The predicted molar refractivity (Wildman–Crippen MR) is 87.8 cm³/mol. The van der Waals surface area contributed by atoms with Gasteiger partial charge in [-0.1, -0.05) is 19.9 Å². The summed E-state index contributed by atoms with van der Waals surface area (Å²) in [6.45, 7) is 6.69. The first-order chi connectivity index (χ1) is 10.4. The first-order valence-electron chi connectivity index (χ1n) is 7.44. The molecule has 0 radical (unpaired) electrons. The summed E-state index contributed by atoms with van der Waals surface area (Å²) >= 11 is 1.48. The molecule has 1 amide bonds. The van der Waals surface area contributed by atoms with Crippen LogP contribution >= 0.6 is 11.3 Å². The summed E-state index contributed by atoms with van der Waals surface area (Å²) in [7, 11) is 0. The molecular weight excluding hydrogens is 298 g/mol. The minimum absolute atomic E-state index is 0.0692. The van der Waals surface area contributed by atoms with Crippen molar-refractivity contribution in [3.8, 4) is 0 Å². The standard InChI is InChI=1S/C16H23N3O2S/c1-12(2)15-17-7-9-19(15)8-6-14(20)18-11-16(3,21)13-5-4-10-22-13/h4-5,7,9-10,12,21H,6,8,11H2,1-3H3,(H,18,20). The third-order valence-electron chi connectivity index (χ3n) is 3.53. The van der Waals surface area contributed by atoms with Crippen LogP contribution < -0.4 is 5.32 Å². The maximum absolute atomic E-state index is 12.0. The summed E-state index contributed by atoms with van der Waals surface area (Å²) in [5.74, 6) is 1.25. The number of aromatic nitrogens is 2. The van der Waals surface area contributed by atoms with E-state index in [1.807, 2.05) is 28.3 Å². The lowest BCUT2D eigenvalue weighted by molar-refractivity contribution is -0.122. The highest BCUT2D eigenvalue weighted by atomic mass is 32.1. The Kier molecular flexibility index (Phi) is 5.37. The molecule has 1 unspecified atom stereocenters. The fourth-order valence-corrected chi connectivity index (χ4v) is 3.05. The molecule has 0 saturated heterocycles. The van der Waals surface area contributed by atoms with E-state index in [0.29, 0.717) is 18.9 Å². The molecule has 120 valence electrons. The molecule has 0 fully saturated rings. The molecule has 0 bridgehead atoms. The van der Waals surface area contributed by atoms with Crippen molar-refractivity contribution >= 4 is 17.2 Å². The van der Waals surface area contributed by atoms with Gasteiger partial charge in [0.2, 0.25) is 5.91 Å². The van der Waals surface area contributed by atoms with Gasteiger partial charge in [-0.05, 0) is 18.4 Å². The molecule has 2 aromatic rings. The van der Waals surface area contributed by atoms with Crippen LogP contribution in [-0.4, -0.2) is 27.1 Å². The Hall–Kier alpha value is -1.66. The number of amides is 1. The number of hydrogen-bond acceptors (Lipinski definition) is 4. The maximum atomic E-state index is 12.0. The quantitative estimate of drug-likeness (QED) is 0.823. The van der Waals surface area contributed by atoms with Gasteiger partial charge in [0.05, 0.1) is 6.54 Å². The minimum Gasteiger partial charge on any atom is -0.383 e. The summed E-state index contributed by atoms with van der Waals surface area (Å²) in [6, 6.07) is 3.76. The SMILES string of the molecule is CC(C)c1nccn1CCC(=O)NCC(C)(O)c1cccs1. The molecule has 2 rings (SSSR count). The third-order valence-corrected chi connectivity index (χ3v) is 4.65. The van der Waals surface area contributed by atoms with Crippen LogP contribution in [0.25, 0.3) is 0 Å². The summed E-state index contributed by atoms with van der Waals surface area (Å²) in [5, 5.41) is 15.1. The van der Waals surface area contributed by atoms with E-state index in [2.05, 4.69) is 24.1 Å². The number of hydrogen-bond donors (Lipinski definition) is 2. The average Bonchev–Trinajstić information content (AvgIpc) is 3.13. The van der Waals surface area contributed by atoms with Crippen molar-refractivity contribution in [1.29, 1.82) is 0 Å². The zero-order valence-corrected chi connectivity index (χ0v) is 14.1. The largest absolute Gasteiger partial charge is 0.383 e. The molecule has 0 spiro atoms. The maximum Gasteiger partial charge on any atom is 0.221 e. The molecule has 6 heteroatoms. The molecule has 1 atom stereocenters. The molecule has 0 aliphatic carbocycles. The second kappa shape index (κ2) is 7.07. The lowest BCUT2D eigenvalue weighted by Gasteiger charge is -2.22. The highest BCUT2D eigenvalue weighted by Crippen LogP contribution is 2.24. The van der Waals surface area contributed by atoms with E-state index >= 15 is 0 Å². The molecular formula is C16H23N3O2S. The van der Waals surface area contributed by atoms with Crippen LogP contribution in [0.15, 0.2) is 29.9 Å². The summed E-state index contributed by atoms with van der Waals surface area (Å²) in [4.78, 5) is 17.1. The zero-order chi connectivity index (χ0) is 16.2. The second-order valence-electron chi connectivity index (χ2n) is 5.91. The van der Waals surface area contributed by atoms with Crippen LogP contribution in [0.1, 0.15) is 43.8 Å². The van der Waals surface area contributed by atoms with Crippen LogP contribution in [0.4, 0.5) is 0 Å². The number of carbonyl (C=O) groups excluding carboxylic acids is 1. The lowest BCUT2D eigenvalue weighted by atomic mass is 10.1. The molecule has 0 aliphatic heterocycles. The van der Waals surface area contributed by atoms with Gasteiger partial charge in [-0.25, -0.2) is 4.98 Å². The van der Waals surface area contributed by atoms with Crippen molar-refractivity contribution in [2.24, 2.45) is 0 Å². The summed E-state index contributed by atoms with van der Waals surface area (Å²) < 4.78 is 2.00. The highest BCUT2D eigenvalue weighted by Gasteiger charge is 2.24. The molecule has 0 aromatic carbocycles. The van der Waals surface area contributed by atoms with Crippen molar-refractivity contribution in [1.82, 2.24) is 14.9 Å². The number of rotatable bonds is 7. The molecule has 2 N–H and O–H groups in total. The highest BCUT2D eigenvalue weighted by molar-refractivity contribution is 7.10. The van der Waals surface area contributed by atoms with E-state index in [4.69, 9.17) is 0 Å². The van der Waals surface area contributed by atoms with Gasteiger partial charge in [0, 0.05) is 36.2 Å². The number of aliphatic hydroxyl groups is 1. The second-order valence-corrected chi connectivity index (χ2v) is 6.86. The van der Waals surface area contributed by atoms with Crippen molar-refractivity contribution in [3.05, 3.63) is 40.6 Å². The van der Waals surface area contributed by atoms with Crippen LogP contribution in [0.2, 0.25) is 0 Å². The van der Waals surface area contributed by atoms with Gasteiger partial charge in [0.1, 0.15) is 11.4 Å². The fraction of sp³-hybridized carbons (Fsp3) is 0.500. The number of thiophene rings is 1. The van der Waals surface area contributed by atoms with Crippen molar-refractivity contribution in [2.45, 2.75) is 45.3 Å². The minimum atomic E-state index is -1.03. The smallest absolute Gasteiger partial charge is 0.221 e. The van der Waals surface area contributed by atoms with Gasteiger partial charge in [0.15, 0.2) is 0 Å². The van der Waals surface area contributed by atoms with E-state index in [1.54, 1.807) is 13.1 Å². The number of imidazole rings is 1. The van der Waals surface area contributed by atoms with Crippen LogP contribution in [0.5, 0.6) is 0 Å². The number of nitrogens with zero attached hydrogens (tertiary/aromatic N) is 2. The Bertz CT molecular complexity index is 603. The molecule has 2 heterocycles. The van der Waals surface area contributed by atoms with Crippen LogP contribution in [-0.2, 0) is 16.9 Å². The van der Waals surface area contributed by atoms with Gasteiger partial charge in [0.25, 0.3) is 0 Å². The van der Waals surface area contributed by atoms with Gasteiger partial charge < -0.3 is 15.0 Å². The first-order valence-corrected chi connectivity index (χ1v) is 8.32. The van der Waals surface area contributed by atoms with E-state index in [1.165, 1.54) is 11.3 Å². The van der Waals surface area contributed by atoms with E-state index in [0.717, 1.165) is 10.7 Å². The van der Waals surface area contributed by atoms with E-state index in [9.17, 15) is 9.90 Å². The first kappa shape index (κ1) is 16.7. The van der Waals surface area contributed by atoms with Crippen LogP contribution in [0.3, 0.4) is 0 Å². The van der Waals surface area contributed by atoms with Gasteiger partial charge in [-0.3, -0.25) is 4.79 Å². The van der Waals surface area contributed by atoms with Gasteiger partial charge in [-0.15, -0.1) is 11.3 Å². The Morgan fingerprint density at radius 2 is 2.32 bits per heavy atom. The van der Waals surface area contributed by atoms with Crippen molar-refractivity contribution < 1.29 is 9.90 Å². The number of nitrogens with one attached hydrogen (secondary N) is 1. The van der Waals surface area contributed by atoms with Crippen molar-refractivity contribution in [3.63, 3.8) is 0 Å². The third kappa shape index (κ3) is 4.18. The molecule has 2 aromatic heterocycles. The molecule has 0 aliphatic rings. The Morgan fingerprint density at radius 3 is 2.95 bits per heavy atom. The number of carbonyl (C=O) groups is 1. The topological polar surface area (TPSA) is 67.2 Å². The van der Waals surface area contributed by atoms with E-state index in [-0.39, 0.29) is 12.5 Å². The molecule has 5 nitrogen and oxygen atoms in total. The zero-order valence-electron chi connectivity index (χ0n) is 13.2. The fourth-order valence-electron chi connectivity index (χ4n) is 2.26. The normalized spacial score (nSPS) is 14.0. The lowest BCUT2D eigenvalue weighted by Crippen LogP contribution is -2.38. The number of aryl methyl sites for hydroxylation is 1. The average molecular weight is 321 g/mol. The van der Waals surface area contributed by atoms with Gasteiger partial charge >= 0.3 is 0 Å². The molecule has 0 saturated carbocycles. The van der Waals surface area contributed by atoms with Crippen molar-refractivity contribution in [2.75, 3.05) is 6.54 Å². The Morgan fingerprint density at radius 1 is 1.55 bits per heavy atom. The Labute approximate surface area is 135 Å². The predicted octanol–water partition coefficient (Wildman–Crippen LogP) is 2.48. The van der Waals surface area contributed by atoms with Crippen LogP contribution in [0, 0.1) is 0 Å². The van der Waals surface area contributed by atoms with Gasteiger partial charge in [-0.2, -0.15) is 0 Å². The summed E-state index contributed by atoms with van der Waals surface area (Å²) in [6.07, 6.45) is 4.02. The monoisotopic (exact) mass is 321 g/mol. The Balaban J connectivity index is 1.82. The molecule has 22 heavy (non-hydrogen) atoms. The summed E-state index contributed by atoms with van der Waals surface area (Å²) in [5.41, 5.74) is -1.03.